The summed E-state index contributed by atoms with van der Waals surface area (Å²) < 4.78 is 43.0. The largest absolute Gasteiger partial charge is 0.393 e. The zero-order valence-corrected chi connectivity index (χ0v) is 9.83. The van der Waals surface area contributed by atoms with Gasteiger partial charge in [-0.15, -0.1) is 0 Å². The summed E-state index contributed by atoms with van der Waals surface area (Å²) in [4.78, 5) is 12.7. The van der Waals surface area contributed by atoms with Crippen molar-refractivity contribution in [1.82, 2.24) is 4.90 Å². The van der Waals surface area contributed by atoms with Crippen LogP contribution < -0.4 is 5.73 Å². The van der Waals surface area contributed by atoms with E-state index in [2.05, 4.69) is 0 Å². The van der Waals surface area contributed by atoms with E-state index in [4.69, 9.17) is 10.5 Å². The highest BCUT2D eigenvalue weighted by molar-refractivity contribution is 5.81. The fourth-order valence-corrected chi connectivity index (χ4v) is 2.09. The van der Waals surface area contributed by atoms with Crippen LogP contribution in [0.1, 0.15) is 6.92 Å². The van der Waals surface area contributed by atoms with Crippen LogP contribution in [-0.4, -0.2) is 49.8 Å². The van der Waals surface area contributed by atoms with Crippen LogP contribution in [-0.2, 0) is 9.53 Å². The van der Waals surface area contributed by atoms with Gasteiger partial charge in [-0.05, 0) is 6.92 Å². The third kappa shape index (κ3) is 3.32. The topological polar surface area (TPSA) is 55.6 Å². The third-order valence-electron chi connectivity index (χ3n) is 2.94. The average molecular weight is 254 g/mol. The first-order valence-electron chi connectivity index (χ1n) is 5.37. The Morgan fingerprint density at radius 3 is 2.53 bits per heavy atom. The Balaban J connectivity index is 2.75. The first-order chi connectivity index (χ1) is 7.77. The van der Waals surface area contributed by atoms with Crippen LogP contribution in [0.15, 0.2) is 0 Å². The molecule has 0 aromatic carbocycles. The predicted octanol–water partition coefficient (Wildman–Crippen LogP) is 0.617. The number of carbonyl (C=O) groups is 1. The number of nitrogens with two attached hydrogens (primary N) is 1. The molecule has 2 N–H and O–H groups in total. The molecule has 1 amide bonds. The average Bonchev–Trinajstić information content (AvgIpc) is 2.60. The number of ether oxygens (including phenoxy) is 1. The number of nitrogens with zero attached hydrogens (tertiary/aromatic N) is 1. The normalized spacial score (nSPS) is 27.3. The zero-order valence-electron chi connectivity index (χ0n) is 9.83. The van der Waals surface area contributed by atoms with Gasteiger partial charge < -0.3 is 15.4 Å². The maximum absolute atomic E-state index is 12.7. The Bertz CT molecular complexity index is 281. The van der Waals surface area contributed by atoms with Crippen molar-refractivity contribution in [1.29, 1.82) is 0 Å². The monoisotopic (exact) mass is 254 g/mol. The molecule has 7 heteroatoms. The van der Waals surface area contributed by atoms with E-state index < -0.39 is 30.0 Å². The molecule has 17 heavy (non-hydrogen) atoms. The SMILES string of the molecule is COC[C@@H]1CN(C(=O)[C@H](C)N)C[C@H]1C(F)(F)F. The van der Waals surface area contributed by atoms with Gasteiger partial charge >= 0.3 is 6.18 Å². The molecule has 1 saturated heterocycles. The van der Waals surface area contributed by atoms with E-state index in [0.717, 1.165) is 0 Å². The zero-order chi connectivity index (χ0) is 13.2. The van der Waals surface area contributed by atoms with Crippen molar-refractivity contribution in [2.75, 3.05) is 26.8 Å². The summed E-state index contributed by atoms with van der Waals surface area (Å²) in [6.45, 7) is 1.19. The molecule has 1 heterocycles. The van der Waals surface area contributed by atoms with Crippen molar-refractivity contribution >= 4 is 5.91 Å². The van der Waals surface area contributed by atoms with Crippen LogP contribution in [0.2, 0.25) is 0 Å². The molecule has 0 unspecified atom stereocenters. The molecular weight excluding hydrogens is 237 g/mol. The van der Waals surface area contributed by atoms with Gasteiger partial charge in [0.25, 0.3) is 0 Å². The fraction of sp³-hybridized carbons (Fsp3) is 0.900. The van der Waals surface area contributed by atoms with Gasteiger partial charge in [0.2, 0.25) is 5.91 Å². The van der Waals surface area contributed by atoms with Gasteiger partial charge in [-0.2, -0.15) is 13.2 Å². The maximum atomic E-state index is 12.7. The van der Waals surface area contributed by atoms with Crippen LogP contribution in [0.4, 0.5) is 13.2 Å². The number of rotatable bonds is 3. The lowest BCUT2D eigenvalue weighted by molar-refractivity contribution is -0.183. The van der Waals surface area contributed by atoms with Gasteiger partial charge in [0.1, 0.15) is 0 Å². The van der Waals surface area contributed by atoms with E-state index in [1.807, 2.05) is 0 Å². The second-order valence-electron chi connectivity index (χ2n) is 4.40. The second kappa shape index (κ2) is 5.22. The highest BCUT2D eigenvalue weighted by Crippen LogP contribution is 2.37. The molecule has 3 atom stereocenters. The van der Waals surface area contributed by atoms with Gasteiger partial charge in [-0.3, -0.25) is 4.79 Å². The van der Waals surface area contributed by atoms with Crippen molar-refractivity contribution in [2.24, 2.45) is 17.6 Å². The molecule has 0 spiro atoms. The van der Waals surface area contributed by atoms with E-state index >= 15 is 0 Å². The lowest BCUT2D eigenvalue weighted by atomic mass is 9.96. The number of carbonyl (C=O) groups excluding carboxylic acids is 1. The highest BCUT2D eigenvalue weighted by atomic mass is 19.4. The minimum Gasteiger partial charge on any atom is -0.384 e. The molecule has 0 saturated carbocycles. The lowest BCUT2D eigenvalue weighted by Gasteiger charge is -2.20. The number of hydrogen-bond acceptors (Lipinski definition) is 3. The minimum absolute atomic E-state index is 0.00703. The number of hydrogen-bond donors (Lipinski definition) is 1. The summed E-state index contributed by atoms with van der Waals surface area (Å²) >= 11 is 0. The van der Waals surface area contributed by atoms with Crippen molar-refractivity contribution in [3.63, 3.8) is 0 Å². The maximum Gasteiger partial charge on any atom is 0.393 e. The highest BCUT2D eigenvalue weighted by Gasteiger charge is 2.50. The fourth-order valence-electron chi connectivity index (χ4n) is 2.09. The molecule has 0 radical (unpaired) electrons. The first kappa shape index (κ1) is 14.2. The van der Waals surface area contributed by atoms with Crippen molar-refractivity contribution in [2.45, 2.75) is 19.1 Å². The summed E-state index contributed by atoms with van der Waals surface area (Å²) in [6, 6.07) is -0.773. The van der Waals surface area contributed by atoms with Gasteiger partial charge in [0.05, 0.1) is 18.6 Å². The Morgan fingerprint density at radius 1 is 1.53 bits per heavy atom. The summed E-state index contributed by atoms with van der Waals surface area (Å²) in [5.74, 6) is -2.68. The molecule has 0 bridgehead atoms. The Hall–Kier alpha value is -0.820. The van der Waals surface area contributed by atoms with Gasteiger partial charge in [-0.1, -0.05) is 0 Å². The van der Waals surface area contributed by atoms with Crippen molar-refractivity contribution < 1.29 is 22.7 Å². The molecule has 1 aliphatic rings. The van der Waals surface area contributed by atoms with E-state index in [0.29, 0.717) is 0 Å². The molecule has 1 fully saturated rings. The van der Waals surface area contributed by atoms with Crippen LogP contribution >= 0.6 is 0 Å². The smallest absolute Gasteiger partial charge is 0.384 e. The summed E-state index contributed by atoms with van der Waals surface area (Å²) in [6.07, 6.45) is -4.31. The molecule has 1 aliphatic heterocycles. The Kier molecular flexibility index (Phi) is 4.37. The van der Waals surface area contributed by atoms with Crippen LogP contribution in [0.5, 0.6) is 0 Å². The van der Waals surface area contributed by atoms with Crippen molar-refractivity contribution in [3.8, 4) is 0 Å². The second-order valence-corrected chi connectivity index (χ2v) is 4.40. The molecule has 1 rings (SSSR count). The van der Waals surface area contributed by atoms with E-state index in [1.165, 1.54) is 18.9 Å². The lowest BCUT2D eigenvalue weighted by Crippen LogP contribution is -2.41. The molecule has 0 aromatic heterocycles. The van der Waals surface area contributed by atoms with Crippen molar-refractivity contribution in [3.05, 3.63) is 0 Å². The molecule has 0 aromatic rings. The number of alkyl halides is 3. The Labute approximate surface area is 97.9 Å². The number of amides is 1. The van der Waals surface area contributed by atoms with Gasteiger partial charge in [0, 0.05) is 26.1 Å². The van der Waals surface area contributed by atoms with E-state index in [9.17, 15) is 18.0 Å². The third-order valence-corrected chi connectivity index (χ3v) is 2.94. The summed E-state index contributed by atoms with van der Waals surface area (Å²) in [7, 11) is 1.35. The van der Waals surface area contributed by atoms with Gasteiger partial charge in [0.15, 0.2) is 0 Å². The first-order valence-corrected chi connectivity index (χ1v) is 5.37. The predicted molar refractivity (Wildman–Crippen MR) is 55.1 cm³/mol. The van der Waals surface area contributed by atoms with Crippen LogP contribution in [0.3, 0.4) is 0 Å². The number of methoxy groups -OCH3 is 1. The number of likely N-dealkylation sites (tertiary alicyclic amines) is 1. The summed E-state index contributed by atoms with van der Waals surface area (Å²) in [5.41, 5.74) is 5.39. The minimum atomic E-state index is -4.31. The van der Waals surface area contributed by atoms with E-state index in [1.54, 1.807) is 0 Å². The molecular formula is C10H17F3N2O2. The molecule has 4 nitrogen and oxygen atoms in total. The number of halogens is 3. The van der Waals surface area contributed by atoms with Crippen LogP contribution in [0.25, 0.3) is 0 Å². The van der Waals surface area contributed by atoms with Gasteiger partial charge in [-0.25, -0.2) is 0 Å². The molecule has 0 aliphatic carbocycles. The quantitative estimate of drug-likeness (QED) is 0.803. The Morgan fingerprint density at radius 2 is 2.12 bits per heavy atom. The van der Waals surface area contributed by atoms with Crippen LogP contribution in [0, 0.1) is 11.8 Å². The molecule has 100 valence electrons. The summed E-state index contributed by atoms with van der Waals surface area (Å²) in [5, 5.41) is 0. The standard InChI is InChI=1S/C10H17F3N2O2/c1-6(14)9(16)15-3-7(5-17-2)8(4-15)10(11,12)13/h6-8H,3-5,14H2,1-2H3/t6-,7-,8+/m0/s1. The van der Waals surface area contributed by atoms with E-state index in [-0.39, 0.29) is 19.7 Å².